The Bertz CT molecular complexity index is 1460. The fraction of sp³-hybridized carbons (Fsp3) is 0.581. The molecule has 2 unspecified atom stereocenters. The Labute approximate surface area is 231 Å². The summed E-state index contributed by atoms with van der Waals surface area (Å²) in [7, 11) is -3.61. The van der Waals surface area contributed by atoms with Crippen molar-refractivity contribution in [3.05, 3.63) is 47.3 Å². The minimum absolute atomic E-state index is 0.291. The van der Waals surface area contributed by atoms with Crippen molar-refractivity contribution in [2.45, 2.75) is 88.2 Å². The fourth-order valence-corrected chi connectivity index (χ4v) is 8.23. The average Bonchev–Trinajstić information content (AvgIpc) is 3.40. The number of aromatic amines is 1. The molecule has 210 valence electrons. The Morgan fingerprint density at radius 1 is 1.03 bits per heavy atom. The van der Waals surface area contributed by atoms with E-state index in [1.54, 1.807) is 6.07 Å². The van der Waals surface area contributed by atoms with E-state index in [1.807, 2.05) is 0 Å². The quantitative estimate of drug-likeness (QED) is 0.412. The highest BCUT2D eigenvalue weighted by molar-refractivity contribution is 7.90. The molecule has 0 spiro atoms. The maximum Gasteiger partial charge on any atom is 0.178 e. The zero-order chi connectivity index (χ0) is 27.5. The molecule has 0 radical (unpaired) electrons. The highest BCUT2D eigenvalue weighted by Crippen LogP contribution is 2.40. The van der Waals surface area contributed by atoms with Crippen LogP contribution in [0, 0.1) is 18.7 Å². The van der Waals surface area contributed by atoms with Gasteiger partial charge in [-0.3, -0.25) is 4.90 Å². The van der Waals surface area contributed by atoms with Crippen molar-refractivity contribution in [2.75, 3.05) is 25.9 Å². The Hall–Kier alpha value is -2.29. The van der Waals surface area contributed by atoms with Gasteiger partial charge in [-0.1, -0.05) is 19.9 Å². The number of aromatic nitrogens is 2. The molecule has 3 aliphatic heterocycles. The normalized spacial score (nSPS) is 25.2. The van der Waals surface area contributed by atoms with Gasteiger partial charge in [-0.25, -0.2) is 17.8 Å². The van der Waals surface area contributed by atoms with Crippen molar-refractivity contribution in [2.24, 2.45) is 5.92 Å². The summed E-state index contributed by atoms with van der Waals surface area (Å²) in [6.45, 7) is 10.4. The van der Waals surface area contributed by atoms with E-state index in [0.29, 0.717) is 17.3 Å². The lowest BCUT2D eigenvalue weighted by atomic mass is 9.86. The van der Waals surface area contributed by atoms with E-state index < -0.39 is 15.7 Å². The van der Waals surface area contributed by atoms with Crippen LogP contribution >= 0.6 is 0 Å². The van der Waals surface area contributed by atoms with E-state index in [2.05, 4.69) is 47.7 Å². The molecule has 8 heteroatoms. The Balaban J connectivity index is 1.15. The van der Waals surface area contributed by atoms with Gasteiger partial charge in [-0.2, -0.15) is 0 Å². The minimum atomic E-state index is -3.61. The molecule has 3 aromatic rings. The van der Waals surface area contributed by atoms with Crippen LogP contribution < -0.4 is 0 Å². The summed E-state index contributed by atoms with van der Waals surface area (Å²) in [5, 5.41) is 0. The monoisotopic (exact) mass is 552 g/mol. The number of likely N-dealkylation sites (tertiary alicyclic amines) is 1. The predicted molar refractivity (Wildman–Crippen MR) is 154 cm³/mol. The first-order valence-electron chi connectivity index (χ1n) is 14.6. The second kappa shape index (κ2) is 10.3. The van der Waals surface area contributed by atoms with Gasteiger partial charge in [0.2, 0.25) is 0 Å². The van der Waals surface area contributed by atoms with Gasteiger partial charge in [-0.05, 0) is 106 Å². The summed E-state index contributed by atoms with van der Waals surface area (Å²) in [5.74, 6) is 1.07. The number of imidazole rings is 1. The zero-order valence-corrected chi connectivity index (χ0v) is 24.4. The number of H-pyrrole nitrogens is 1. The molecular weight excluding hydrogens is 511 g/mol. The first-order chi connectivity index (χ1) is 18.6. The molecule has 6 rings (SSSR count). The third-order valence-electron chi connectivity index (χ3n) is 9.36. The fourth-order valence-electron chi connectivity index (χ4n) is 7.50. The summed E-state index contributed by atoms with van der Waals surface area (Å²) in [6.07, 6.45) is 8.79. The molecular formula is C31H41FN4O2S. The molecule has 2 aromatic carbocycles. The van der Waals surface area contributed by atoms with Crippen molar-refractivity contribution < 1.29 is 12.8 Å². The largest absolute Gasteiger partial charge is 0.338 e. The van der Waals surface area contributed by atoms with Crippen molar-refractivity contribution >= 4 is 20.9 Å². The van der Waals surface area contributed by atoms with E-state index >= 15 is 0 Å². The van der Waals surface area contributed by atoms with E-state index in [1.165, 1.54) is 62.8 Å². The van der Waals surface area contributed by atoms with E-state index in [0.717, 1.165) is 60.0 Å². The minimum Gasteiger partial charge on any atom is -0.338 e. The second-order valence-corrected chi connectivity index (χ2v) is 14.6. The molecule has 3 aliphatic rings. The molecule has 2 bridgehead atoms. The van der Waals surface area contributed by atoms with Gasteiger partial charge >= 0.3 is 0 Å². The lowest BCUT2D eigenvalue weighted by Crippen LogP contribution is -2.52. The molecule has 0 saturated carbocycles. The molecule has 0 amide bonds. The highest BCUT2D eigenvalue weighted by atomic mass is 32.2. The molecule has 39 heavy (non-hydrogen) atoms. The van der Waals surface area contributed by atoms with Crippen LogP contribution in [-0.2, 0) is 9.84 Å². The smallest absolute Gasteiger partial charge is 0.178 e. The van der Waals surface area contributed by atoms with Gasteiger partial charge in [0.05, 0.1) is 11.0 Å². The first kappa shape index (κ1) is 26.9. The number of nitrogens with zero attached hydrogens (tertiary/aromatic N) is 3. The van der Waals surface area contributed by atoms with E-state index in [9.17, 15) is 12.8 Å². The Kier molecular flexibility index (Phi) is 7.09. The zero-order valence-electron chi connectivity index (χ0n) is 23.6. The summed E-state index contributed by atoms with van der Waals surface area (Å²) < 4.78 is 38.1. The number of benzene rings is 2. The van der Waals surface area contributed by atoms with Crippen LogP contribution in [-0.4, -0.2) is 72.2 Å². The molecule has 3 fully saturated rings. The number of piperidine rings is 2. The number of aryl methyl sites for hydroxylation is 1. The standard InChI is InChI=1S/C31H41FN4O2S/c1-19(2)18-36-24-6-7-25(36)17-26(16-24)35-11-9-21(10-12-35)23-13-20(3)30-28(15-23)33-31(34-30)22-5-8-29(27(32)14-22)39(4,37)38/h5,8,13-15,19,21,24-26H,6-7,9-12,16-18H2,1-4H3,(H,33,34). The van der Waals surface area contributed by atoms with Crippen LogP contribution in [0.3, 0.4) is 0 Å². The maximum atomic E-state index is 14.5. The van der Waals surface area contributed by atoms with Gasteiger partial charge in [0.1, 0.15) is 16.5 Å². The van der Waals surface area contributed by atoms with Crippen LogP contribution in [0.1, 0.15) is 69.4 Å². The van der Waals surface area contributed by atoms with Crippen molar-refractivity contribution in [3.8, 4) is 11.4 Å². The molecule has 1 aromatic heterocycles. The number of rotatable bonds is 6. The predicted octanol–water partition coefficient (Wildman–Crippen LogP) is 5.91. The van der Waals surface area contributed by atoms with Crippen molar-refractivity contribution in [3.63, 3.8) is 0 Å². The lowest BCUT2D eigenvalue weighted by Gasteiger charge is -2.46. The SMILES string of the molecule is Cc1cc(C2CCN(C3CC4CCC(C3)N4CC(C)C)CC2)cc2[nH]c(-c3ccc(S(C)(=O)=O)c(F)c3)nc12. The molecule has 0 aliphatic carbocycles. The number of halogens is 1. The van der Waals surface area contributed by atoms with Crippen LogP contribution in [0.4, 0.5) is 4.39 Å². The third-order valence-corrected chi connectivity index (χ3v) is 10.5. The summed E-state index contributed by atoms with van der Waals surface area (Å²) in [6, 6.07) is 11.0. The number of hydrogen-bond donors (Lipinski definition) is 1. The topological polar surface area (TPSA) is 69.3 Å². The number of nitrogens with one attached hydrogen (secondary N) is 1. The lowest BCUT2D eigenvalue weighted by molar-refractivity contribution is 0.0403. The molecule has 2 atom stereocenters. The van der Waals surface area contributed by atoms with Crippen molar-refractivity contribution in [1.29, 1.82) is 0 Å². The van der Waals surface area contributed by atoms with Gasteiger partial charge in [0.15, 0.2) is 9.84 Å². The second-order valence-electron chi connectivity index (χ2n) is 12.6. The summed E-state index contributed by atoms with van der Waals surface area (Å²) in [4.78, 5) is 13.4. The third kappa shape index (κ3) is 5.27. The summed E-state index contributed by atoms with van der Waals surface area (Å²) in [5.41, 5.74) is 4.82. The number of hydrogen-bond acceptors (Lipinski definition) is 5. The van der Waals surface area contributed by atoms with Gasteiger partial charge in [0, 0.05) is 36.5 Å². The number of fused-ring (bicyclic) bond motifs is 3. The van der Waals surface area contributed by atoms with Crippen molar-refractivity contribution in [1.82, 2.24) is 19.8 Å². The van der Waals surface area contributed by atoms with Crippen LogP contribution in [0.25, 0.3) is 22.4 Å². The van der Waals surface area contributed by atoms with E-state index in [-0.39, 0.29) is 4.90 Å². The first-order valence-corrected chi connectivity index (χ1v) is 16.5. The van der Waals surface area contributed by atoms with Crippen LogP contribution in [0.5, 0.6) is 0 Å². The summed E-state index contributed by atoms with van der Waals surface area (Å²) >= 11 is 0. The van der Waals surface area contributed by atoms with Crippen LogP contribution in [0.15, 0.2) is 35.2 Å². The Morgan fingerprint density at radius 3 is 2.33 bits per heavy atom. The van der Waals surface area contributed by atoms with Gasteiger partial charge < -0.3 is 9.88 Å². The van der Waals surface area contributed by atoms with Crippen LogP contribution in [0.2, 0.25) is 0 Å². The molecule has 4 heterocycles. The van der Waals surface area contributed by atoms with E-state index in [4.69, 9.17) is 4.98 Å². The van der Waals surface area contributed by atoms with Gasteiger partial charge in [-0.15, -0.1) is 0 Å². The maximum absolute atomic E-state index is 14.5. The Morgan fingerprint density at radius 2 is 1.72 bits per heavy atom. The average molecular weight is 553 g/mol. The number of sulfone groups is 1. The van der Waals surface area contributed by atoms with Gasteiger partial charge in [0.25, 0.3) is 0 Å². The molecule has 6 nitrogen and oxygen atoms in total. The highest BCUT2D eigenvalue weighted by Gasteiger charge is 2.42. The molecule has 3 saturated heterocycles. The molecule has 1 N–H and O–H groups in total.